The highest BCUT2D eigenvalue weighted by atomic mass is 32.2. The predicted octanol–water partition coefficient (Wildman–Crippen LogP) is 2.73. The van der Waals surface area contributed by atoms with Crippen molar-refractivity contribution in [3.8, 4) is 5.75 Å². The fourth-order valence-electron chi connectivity index (χ4n) is 3.15. The summed E-state index contributed by atoms with van der Waals surface area (Å²) in [7, 11) is 1.77. The van der Waals surface area contributed by atoms with Gasteiger partial charge in [0.15, 0.2) is 5.11 Å². The molecule has 1 aliphatic rings. The van der Waals surface area contributed by atoms with Crippen molar-refractivity contribution in [2.24, 2.45) is 0 Å². The Morgan fingerprint density at radius 2 is 2.10 bits per heavy atom. The van der Waals surface area contributed by atoms with Gasteiger partial charge < -0.3 is 20.7 Å². The van der Waals surface area contributed by atoms with Crippen LogP contribution in [0, 0.1) is 0 Å². The molecular formula is C21H34N4O2S2. The quantitative estimate of drug-likeness (QED) is 0.279. The second-order valence-electron chi connectivity index (χ2n) is 7.21. The van der Waals surface area contributed by atoms with Gasteiger partial charge in [0.2, 0.25) is 5.91 Å². The van der Waals surface area contributed by atoms with Gasteiger partial charge in [-0.05, 0) is 69.2 Å². The van der Waals surface area contributed by atoms with Gasteiger partial charge in [0.1, 0.15) is 5.75 Å². The van der Waals surface area contributed by atoms with E-state index < -0.39 is 0 Å². The first-order valence-corrected chi connectivity index (χ1v) is 11.8. The first kappa shape index (κ1) is 23.8. The molecule has 1 saturated heterocycles. The Hall–Kier alpha value is -1.51. The summed E-state index contributed by atoms with van der Waals surface area (Å²) in [5.74, 6) is 1.34. The maximum absolute atomic E-state index is 11.9. The summed E-state index contributed by atoms with van der Waals surface area (Å²) in [6, 6.07) is 8.35. The Kier molecular flexibility index (Phi) is 11.2. The molecule has 0 saturated carbocycles. The van der Waals surface area contributed by atoms with Gasteiger partial charge in [-0.15, -0.1) is 11.8 Å². The summed E-state index contributed by atoms with van der Waals surface area (Å²) < 4.78 is 5.87. The number of thioether (sulfide) groups is 1. The number of hydrogen-bond donors (Lipinski definition) is 3. The van der Waals surface area contributed by atoms with Crippen LogP contribution in [0.25, 0.3) is 0 Å². The molecule has 1 heterocycles. The van der Waals surface area contributed by atoms with Crippen LogP contribution in [-0.4, -0.2) is 60.3 Å². The first-order chi connectivity index (χ1) is 14.1. The molecule has 0 radical (unpaired) electrons. The largest absolute Gasteiger partial charge is 0.494 e. The van der Waals surface area contributed by atoms with Crippen LogP contribution in [-0.2, 0) is 11.3 Å². The summed E-state index contributed by atoms with van der Waals surface area (Å²) in [6.45, 7) is 6.57. The Morgan fingerprint density at radius 1 is 1.31 bits per heavy atom. The molecule has 3 N–H and O–H groups in total. The lowest BCUT2D eigenvalue weighted by Crippen LogP contribution is -2.38. The molecule has 1 unspecified atom stereocenters. The van der Waals surface area contributed by atoms with Gasteiger partial charge in [-0.1, -0.05) is 18.6 Å². The van der Waals surface area contributed by atoms with E-state index in [1.807, 2.05) is 13.0 Å². The molecule has 0 aliphatic carbocycles. The minimum Gasteiger partial charge on any atom is -0.494 e. The number of carbonyl (C=O) groups is 1. The highest BCUT2D eigenvalue weighted by molar-refractivity contribution is 8.00. The molecule has 0 spiro atoms. The van der Waals surface area contributed by atoms with Crippen molar-refractivity contribution in [3.63, 3.8) is 0 Å². The molecule has 8 heteroatoms. The molecule has 0 aromatic heterocycles. The van der Waals surface area contributed by atoms with Gasteiger partial charge in [-0.25, -0.2) is 0 Å². The number of benzene rings is 1. The highest BCUT2D eigenvalue weighted by Crippen LogP contribution is 2.17. The Balaban J connectivity index is 1.57. The molecular weight excluding hydrogens is 404 g/mol. The first-order valence-electron chi connectivity index (χ1n) is 10.4. The SMILES string of the molecule is CNC(=S)NC(C)SCC(=O)NCCCOc1cccc(CN2CCCCC2)c1. The second-order valence-corrected chi connectivity index (χ2v) is 8.95. The van der Waals surface area contributed by atoms with E-state index in [4.69, 9.17) is 17.0 Å². The van der Waals surface area contributed by atoms with E-state index in [9.17, 15) is 4.79 Å². The number of rotatable bonds is 11. The third-order valence-electron chi connectivity index (χ3n) is 4.69. The van der Waals surface area contributed by atoms with Gasteiger partial charge in [-0.2, -0.15) is 0 Å². The Bertz CT molecular complexity index is 639. The van der Waals surface area contributed by atoms with E-state index in [-0.39, 0.29) is 11.3 Å². The van der Waals surface area contributed by atoms with Crippen molar-refractivity contribution in [1.29, 1.82) is 0 Å². The Morgan fingerprint density at radius 3 is 2.86 bits per heavy atom. The number of hydrogen-bond acceptors (Lipinski definition) is 5. The zero-order chi connectivity index (χ0) is 20.9. The van der Waals surface area contributed by atoms with E-state index in [0.29, 0.717) is 24.0 Å². The number of carbonyl (C=O) groups excluding carboxylic acids is 1. The van der Waals surface area contributed by atoms with Crippen molar-refractivity contribution >= 4 is 35.0 Å². The van der Waals surface area contributed by atoms with Gasteiger partial charge in [0.05, 0.1) is 17.7 Å². The van der Waals surface area contributed by atoms with Crippen LogP contribution in [0.2, 0.25) is 0 Å². The van der Waals surface area contributed by atoms with Crippen LogP contribution in [0.5, 0.6) is 5.75 Å². The monoisotopic (exact) mass is 438 g/mol. The van der Waals surface area contributed by atoms with Crippen molar-refractivity contribution in [2.75, 3.05) is 39.0 Å². The van der Waals surface area contributed by atoms with Crippen LogP contribution in [0.1, 0.15) is 38.2 Å². The Labute approximate surface area is 184 Å². The standard InChI is InChI=1S/C21H34N4O2S2/c1-17(24-21(28)22-2)29-16-20(26)23-10-7-13-27-19-9-6-8-18(14-19)15-25-11-4-3-5-12-25/h6,8-9,14,17H,3-5,7,10-13,15-16H2,1-2H3,(H,23,26)(H2,22,24,28). The molecule has 1 atom stereocenters. The van der Waals surface area contributed by atoms with E-state index in [1.54, 1.807) is 7.05 Å². The molecule has 2 rings (SSSR count). The molecule has 1 aromatic rings. The zero-order valence-electron chi connectivity index (χ0n) is 17.5. The smallest absolute Gasteiger partial charge is 0.230 e. The summed E-state index contributed by atoms with van der Waals surface area (Å²) in [5, 5.41) is 9.55. The van der Waals surface area contributed by atoms with E-state index in [0.717, 1.165) is 18.7 Å². The second kappa shape index (κ2) is 13.7. The number of nitrogens with one attached hydrogen (secondary N) is 3. The number of amides is 1. The van der Waals surface area contributed by atoms with Crippen LogP contribution < -0.4 is 20.7 Å². The number of likely N-dealkylation sites (tertiary alicyclic amines) is 1. The summed E-state index contributed by atoms with van der Waals surface area (Å²) >= 11 is 6.57. The third-order valence-corrected chi connectivity index (χ3v) is 6.06. The van der Waals surface area contributed by atoms with Crippen LogP contribution in [0.15, 0.2) is 24.3 Å². The average Bonchev–Trinajstić information content (AvgIpc) is 2.73. The number of piperidine rings is 1. The molecule has 1 aliphatic heterocycles. The topological polar surface area (TPSA) is 65.6 Å². The maximum atomic E-state index is 11.9. The fourth-order valence-corrected chi connectivity index (χ4v) is 4.11. The summed E-state index contributed by atoms with van der Waals surface area (Å²) in [5.41, 5.74) is 1.30. The van der Waals surface area contributed by atoms with Crippen molar-refractivity contribution in [3.05, 3.63) is 29.8 Å². The van der Waals surface area contributed by atoms with E-state index >= 15 is 0 Å². The molecule has 0 bridgehead atoms. The zero-order valence-corrected chi connectivity index (χ0v) is 19.2. The lowest BCUT2D eigenvalue weighted by Gasteiger charge is -2.26. The van der Waals surface area contributed by atoms with Gasteiger partial charge in [0.25, 0.3) is 0 Å². The molecule has 29 heavy (non-hydrogen) atoms. The molecule has 6 nitrogen and oxygen atoms in total. The highest BCUT2D eigenvalue weighted by Gasteiger charge is 2.11. The lowest BCUT2D eigenvalue weighted by molar-refractivity contribution is -0.118. The third kappa shape index (κ3) is 10.2. The predicted molar refractivity (Wildman–Crippen MR) is 125 cm³/mol. The average molecular weight is 439 g/mol. The maximum Gasteiger partial charge on any atom is 0.230 e. The molecule has 1 aromatic carbocycles. The summed E-state index contributed by atoms with van der Waals surface area (Å²) in [6.07, 6.45) is 4.75. The van der Waals surface area contributed by atoms with Gasteiger partial charge in [0, 0.05) is 20.1 Å². The fraction of sp³-hybridized carbons (Fsp3) is 0.619. The van der Waals surface area contributed by atoms with Crippen LogP contribution in [0.3, 0.4) is 0 Å². The number of nitrogens with zero attached hydrogens (tertiary/aromatic N) is 1. The normalized spacial score (nSPS) is 15.4. The number of thiocarbonyl (C=S) groups is 1. The number of ether oxygens (including phenoxy) is 1. The van der Waals surface area contributed by atoms with Crippen molar-refractivity contribution in [1.82, 2.24) is 20.9 Å². The van der Waals surface area contributed by atoms with Gasteiger partial charge in [-0.3, -0.25) is 9.69 Å². The van der Waals surface area contributed by atoms with Crippen molar-refractivity contribution in [2.45, 2.75) is 44.5 Å². The minimum absolute atomic E-state index is 0.0301. The van der Waals surface area contributed by atoms with Crippen LogP contribution in [0.4, 0.5) is 0 Å². The van der Waals surface area contributed by atoms with Crippen LogP contribution >= 0.6 is 24.0 Å². The molecule has 162 valence electrons. The minimum atomic E-state index is 0.0301. The molecule has 1 amide bonds. The lowest BCUT2D eigenvalue weighted by atomic mass is 10.1. The summed E-state index contributed by atoms with van der Waals surface area (Å²) in [4.78, 5) is 14.4. The van der Waals surface area contributed by atoms with Gasteiger partial charge >= 0.3 is 0 Å². The van der Waals surface area contributed by atoms with Crippen molar-refractivity contribution < 1.29 is 9.53 Å². The van der Waals surface area contributed by atoms with E-state index in [1.165, 1.54) is 49.7 Å². The van der Waals surface area contributed by atoms with E-state index in [2.05, 4.69) is 39.0 Å². The molecule has 1 fully saturated rings.